The third kappa shape index (κ3) is 3.72. The Labute approximate surface area is 128 Å². The zero-order chi connectivity index (χ0) is 13.1. The molecule has 0 saturated heterocycles. The normalized spacial score (nSPS) is 12.7. The molecule has 0 saturated carbocycles. The van der Waals surface area contributed by atoms with Crippen molar-refractivity contribution in [3.05, 3.63) is 54.6 Å². The Balaban J connectivity index is 2.05. The van der Waals surface area contributed by atoms with Crippen LogP contribution in [0.4, 0.5) is 0 Å². The molecule has 1 aromatic carbocycles. The quantitative estimate of drug-likeness (QED) is 0.811. The van der Waals surface area contributed by atoms with Crippen molar-refractivity contribution < 1.29 is 5.11 Å². The number of benzene rings is 1. The zero-order valence-corrected chi connectivity index (χ0v) is 13.3. The van der Waals surface area contributed by atoms with Gasteiger partial charge in [-0.1, -0.05) is 29.3 Å². The van der Waals surface area contributed by atoms with Crippen LogP contribution in [0.25, 0.3) is 0 Å². The molecule has 0 aliphatic carbocycles. The first kappa shape index (κ1) is 14.4. The topological polar surface area (TPSA) is 20.2 Å². The smallest absolute Gasteiger partial charge is 0.0701 e. The van der Waals surface area contributed by atoms with Crippen LogP contribution in [0, 0.1) is 0 Å². The molecule has 5 heteroatoms. The van der Waals surface area contributed by atoms with Gasteiger partial charge >= 0.3 is 0 Å². The Kier molecular flexibility index (Phi) is 5.10. The van der Waals surface area contributed by atoms with E-state index in [4.69, 9.17) is 23.2 Å². The van der Waals surface area contributed by atoms with Crippen molar-refractivity contribution in [2.24, 2.45) is 0 Å². The minimum Gasteiger partial charge on any atom is -0.392 e. The summed E-state index contributed by atoms with van der Waals surface area (Å²) in [6, 6.07) is 9.37. The van der Waals surface area contributed by atoms with Crippen molar-refractivity contribution >= 4 is 50.5 Å². The van der Waals surface area contributed by atoms with Gasteiger partial charge in [0.05, 0.1) is 9.89 Å². The van der Waals surface area contributed by atoms with E-state index >= 15 is 0 Å². The van der Waals surface area contributed by atoms with Gasteiger partial charge in [-0.25, -0.2) is 0 Å². The van der Waals surface area contributed by atoms with Gasteiger partial charge in [0.2, 0.25) is 0 Å². The summed E-state index contributed by atoms with van der Waals surface area (Å²) in [6.07, 6.45) is 0.596. The number of hydrogen-bond donors (Lipinski definition) is 1. The molecule has 1 N–H and O–H groups in total. The molecule has 2 aromatic rings. The summed E-state index contributed by atoms with van der Waals surface area (Å²) in [5.74, 6) is 0. The van der Waals surface area contributed by atoms with E-state index in [0.717, 1.165) is 14.2 Å². The first-order chi connectivity index (χ1) is 8.56. The van der Waals surface area contributed by atoms with E-state index in [1.807, 2.05) is 12.1 Å². The number of aliphatic hydroxyl groups excluding tert-OH is 1. The number of halogens is 3. The van der Waals surface area contributed by atoms with Crippen LogP contribution in [0.2, 0.25) is 10.0 Å². The van der Waals surface area contributed by atoms with Crippen molar-refractivity contribution in [3.63, 3.8) is 0 Å². The molecule has 1 atom stereocenters. The third-order valence-electron chi connectivity index (χ3n) is 2.57. The fourth-order valence-corrected chi connectivity index (χ4v) is 3.83. The van der Waals surface area contributed by atoms with Crippen LogP contribution in [0.15, 0.2) is 34.1 Å². The molecule has 1 aromatic heterocycles. The van der Waals surface area contributed by atoms with E-state index in [1.54, 1.807) is 29.5 Å². The van der Waals surface area contributed by atoms with Crippen molar-refractivity contribution in [1.82, 2.24) is 0 Å². The van der Waals surface area contributed by atoms with Gasteiger partial charge in [0.15, 0.2) is 0 Å². The third-order valence-corrected chi connectivity index (χ3v) is 4.92. The largest absolute Gasteiger partial charge is 0.392 e. The molecule has 0 aliphatic rings. The molecular weight excluding hydrogens is 355 g/mol. The van der Waals surface area contributed by atoms with Gasteiger partial charge in [0.25, 0.3) is 0 Å². The average molecular weight is 366 g/mol. The van der Waals surface area contributed by atoms with E-state index < -0.39 is 6.10 Å². The van der Waals surface area contributed by atoms with E-state index in [2.05, 4.69) is 15.9 Å². The predicted molar refractivity (Wildman–Crippen MR) is 81.9 cm³/mol. The van der Waals surface area contributed by atoms with Crippen LogP contribution >= 0.6 is 50.5 Å². The summed E-state index contributed by atoms with van der Waals surface area (Å²) >= 11 is 17.2. The van der Waals surface area contributed by atoms with Crippen LogP contribution in [-0.2, 0) is 12.8 Å². The highest BCUT2D eigenvalue weighted by Crippen LogP contribution is 2.28. The first-order valence-electron chi connectivity index (χ1n) is 5.41. The molecule has 2 rings (SSSR count). The highest BCUT2D eigenvalue weighted by atomic mass is 79.9. The van der Waals surface area contributed by atoms with Gasteiger partial charge in [-0.2, -0.15) is 0 Å². The molecule has 18 heavy (non-hydrogen) atoms. The fourth-order valence-electron chi connectivity index (χ4n) is 1.73. The Morgan fingerprint density at radius 3 is 2.33 bits per heavy atom. The molecule has 0 radical (unpaired) electrons. The Hall–Kier alpha value is -0.0600. The van der Waals surface area contributed by atoms with Gasteiger partial charge in [0.1, 0.15) is 0 Å². The van der Waals surface area contributed by atoms with Crippen molar-refractivity contribution in [3.8, 4) is 0 Å². The standard InChI is InChI=1S/C13H11BrCl2OS/c14-13-5-4-9(18-13)6-8(17)7-10-11(15)2-1-3-12(10)16/h1-5,8,17H,6-7H2. The summed E-state index contributed by atoms with van der Waals surface area (Å²) in [5, 5.41) is 11.3. The van der Waals surface area contributed by atoms with Gasteiger partial charge in [-0.15, -0.1) is 11.3 Å². The van der Waals surface area contributed by atoms with Crippen LogP contribution in [-0.4, -0.2) is 11.2 Å². The van der Waals surface area contributed by atoms with Crippen LogP contribution < -0.4 is 0 Å². The molecular formula is C13H11BrCl2OS. The maximum absolute atomic E-state index is 10.1. The second-order valence-corrected chi connectivity index (χ2v) is 7.33. The van der Waals surface area contributed by atoms with Crippen molar-refractivity contribution in [2.75, 3.05) is 0 Å². The van der Waals surface area contributed by atoms with E-state index in [-0.39, 0.29) is 0 Å². The summed E-state index contributed by atoms with van der Waals surface area (Å²) in [4.78, 5) is 1.14. The van der Waals surface area contributed by atoms with Gasteiger partial charge in [-0.3, -0.25) is 0 Å². The van der Waals surface area contributed by atoms with E-state index in [1.165, 1.54) is 0 Å². The minimum atomic E-state index is -0.479. The van der Waals surface area contributed by atoms with Crippen LogP contribution in [0.3, 0.4) is 0 Å². The number of aliphatic hydroxyl groups is 1. The summed E-state index contributed by atoms with van der Waals surface area (Å²) in [6.45, 7) is 0. The SMILES string of the molecule is OC(Cc1ccc(Br)s1)Cc1c(Cl)cccc1Cl. The lowest BCUT2D eigenvalue weighted by atomic mass is 10.0. The Morgan fingerprint density at radius 1 is 1.11 bits per heavy atom. The lowest BCUT2D eigenvalue weighted by Gasteiger charge is -2.12. The van der Waals surface area contributed by atoms with Crippen molar-refractivity contribution in [1.29, 1.82) is 0 Å². The van der Waals surface area contributed by atoms with Crippen LogP contribution in [0.1, 0.15) is 10.4 Å². The monoisotopic (exact) mass is 364 g/mol. The number of rotatable bonds is 4. The highest BCUT2D eigenvalue weighted by molar-refractivity contribution is 9.11. The Bertz CT molecular complexity index is 521. The lowest BCUT2D eigenvalue weighted by molar-refractivity contribution is 0.176. The molecule has 0 fully saturated rings. The lowest BCUT2D eigenvalue weighted by Crippen LogP contribution is -2.13. The second-order valence-electron chi connectivity index (χ2n) is 3.97. The summed E-state index contributed by atoms with van der Waals surface area (Å²) < 4.78 is 1.07. The van der Waals surface area contributed by atoms with Gasteiger partial charge in [0, 0.05) is 27.8 Å². The molecule has 0 aliphatic heterocycles. The van der Waals surface area contributed by atoms with E-state index in [9.17, 15) is 5.11 Å². The Morgan fingerprint density at radius 2 is 1.78 bits per heavy atom. The first-order valence-corrected chi connectivity index (χ1v) is 7.78. The molecule has 1 heterocycles. The maximum atomic E-state index is 10.1. The summed E-state index contributed by atoms with van der Waals surface area (Å²) in [7, 11) is 0. The van der Waals surface area contributed by atoms with Crippen molar-refractivity contribution in [2.45, 2.75) is 18.9 Å². The van der Waals surface area contributed by atoms with Gasteiger partial charge in [-0.05, 0) is 45.8 Å². The highest BCUT2D eigenvalue weighted by Gasteiger charge is 2.13. The fraction of sp³-hybridized carbons (Fsp3) is 0.231. The molecule has 0 amide bonds. The maximum Gasteiger partial charge on any atom is 0.0701 e. The second kappa shape index (κ2) is 6.40. The van der Waals surface area contributed by atoms with Gasteiger partial charge < -0.3 is 5.11 Å². The summed E-state index contributed by atoms with van der Waals surface area (Å²) in [5.41, 5.74) is 0.809. The molecule has 1 unspecified atom stereocenters. The molecule has 1 nitrogen and oxygen atoms in total. The average Bonchev–Trinajstić information content (AvgIpc) is 2.69. The molecule has 0 bridgehead atoms. The molecule has 0 spiro atoms. The van der Waals surface area contributed by atoms with E-state index in [0.29, 0.717) is 22.9 Å². The minimum absolute atomic E-state index is 0.466. The molecule has 96 valence electrons. The predicted octanol–water partition coefficient (Wildman–Crippen LogP) is 4.96. The number of hydrogen-bond acceptors (Lipinski definition) is 2. The zero-order valence-electron chi connectivity index (χ0n) is 9.37. The number of thiophene rings is 1. The van der Waals surface area contributed by atoms with Crippen LogP contribution in [0.5, 0.6) is 0 Å².